The minimum absolute atomic E-state index is 0.144. The van der Waals surface area contributed by atoms with Gasteiger partial charge in [0, 0.05) is 62.8 Å². The third-order valence-electron chi connectivity index (χ3n) is 20.5. The molecule has 4 unspecified atom stereocenters. The van der Waals surface area contributed by atoms with Crippen molar-refractivity contribution in [2.75, 3.05) is 14.7 Å². The van der Waals surface area contributed by atoms with Gasteiger partial charge in [0.25, 0.3) is 6.71 Å². The van der Waals surface area contributed by atoms with Gasteiger partial charge in [-0.15, -0.1) is 0 Å². The van der Waals surface area contributed by atoms with E-state index in [0.717, 1.165) is 5.92 Å². The lowest BCUT2D eigenvalue weighted by molar-refractivity contribution is 0.340. The molecule has 4 fully saturated rings. The fourth-order valence-corrected chi connectivity index (χ4v) is 16.7. The largest absolute Gasteiger partial charge is 0.365 e. The molecule has 4 aliphatic heterocycles. The summed E-state index contributed by atoms with van der Waals surface area (Å²) in [5.74, 6) is 1.49. The molecule has 4 heterocycles. The Morgan fingerprint density at radius 2 is 0.600 bits per heavy atom. The maximum absolute atomic E-state index is 2.94. The molecule has 2 saturated carbocycles. The summed E-state index contributed by atoms with van der Waals surface area (Å²) in [6, 6.07) is 120. The molecule has 6 aliphatic rings. The van der Waals surface area contributed by atoms with Crippen LogP contribution in [0.3, 0.4) is 0 Å². The Labute approximate surface area is 528 Å². The van der Waals surface area contributed by atoms with Gasteiger partial charge in [-0.1, -0.05) is 267 Å². The van der Waals surface area contributed by atoms with Gasteiger partial charge < -0.3 is 14.7 Å². The Morgan fingerprint density at radius 3 is 0.944 bits per heavy atom. The lowest BCUT2D eigenvalue weighted by Gasteiger charge is -2.47. The first kappa shape index (κ1) is 52.4. The number of nitrogens with zero attached hydrogens (tertiary/aromatic N) is 3. The quantitative estimate of drug-likeness (QED) is 0.120. The standard InChI is InChI=1S/C86H64BN3/c1-9-25-58(26-10-1)66-41-43-77-80(53-66)89(85-73(62-33-17-5-18-34-62)49-68(60-29-13-3-14-30-60)50-74(85)63-35-19-6-20-36-63)82-55-72(88-71-46-57-45-70(48-71)79(88)47-57)56-83-84(82)87(77)78-44-42-67(59-27-11-2-12-28-59)54-81(78)90(83)86-75(64-37-21-7-22-38-64)51-69(61-31-15-4-16-32-61)52-76(86)65-39-23-8-24-40-65/h1-44,49-57,70-71,79H,45-48H2. The molecule has 426 valence electrons. The fraction of sp³-hybridized carbons (Fsp3) is 0.0930. The van der Waals surface area contributed by atoms with Crippen molar-refractivity contribution in [3.05, 3.63) is 315 Å². The molecular formula is C86H64BN3. The van der Waals surface area contributed by atoms with Crippen molar-refractivity contribution in [3.63, 3.8) is 0 Å². The van der Waals surface area contributed by atoms with Crippen molar-refractivity contribution >= 4 is 62.9 Å². The Hall–Kier alpha value is -10.7. The van der Waals surface area contributed by atoms with E-state index < -0.39 is 0 Å². The molecule has 19 rings (SSSR count). The van der Waals surface area contributed by atoms with Gasteiger partial charge in [0.1, 0.15) is 0 Å². The number of benzene rings is 13. The van der Waals surface area contributed by atoms with E-state index in [4.69, 9.17) is 0 Å². The van der Waals surface area contributed by atoms with E-state index in [9.17, 15) is 0 Å². The number of hydrogen-bond acceptors (Lipinski definition) is 3. The van der Waals surface area contributed by atoms with Crippen LogP contribution in [0.2, 0.25) is 0 Å². The Balaban J connectivity index is 1.02. The van der Waals surface area contributed by atoms with Gasteiger partial charge in [-0.25, -0.2) is 0 Å². The highest BCUT2D eigenvalue weighted by molar-refractivity contribution is 7.00. The highest BCUT2D eigenvalue weighted by Crippen LogP contribution is 2.59. The summed E-state index contributed by atoms with van der Waals surface area (Å²) in [5.41, 5.74) is 31.2. The van der Waals surface area contributed by atoms with Crippen LogP contribution in [0.4, 0.5) is 39.8 Å². The van der Waals surface area contributed by atoms with E-state index in [2.05, 4.69) is 330 Å². The molecule has 4 bridgehead atoms. The van der Waals surface area contributed by atoms with E-state index in [0.29, 0.717) is 18.0 Å². The molecule has 4 heteroatoms. The number of piperidine rings is 1. The molecule has 0 spiro atoms. The average molecular weight is 1150 g/mol. The summed E-state index contributed by atoms with van der Waals surface area (Å²) >= 11 is 0. The third kappa shape index (κ3) is 8.72. The van der Waals surface area contributed by atoms with Crippen molar-refractivity contribution in [2.24, 2.45) is 11.8 Å². The second-order valence-electron chi connectivity index (χ2n) is 25.5. The smallest absolute Gasteiger partial charge is 0.252 e. The summed E-state index contributed by atoms with van der Waals surface area (Å²) in [5, 5.41) is 0. The summed E-state index contributed by atoms with van der Waals surface area (Å²) < 4.78 is 0. The van der Waals surface area contributed by atoms with Crippen molar-refractivity contribution in [3.8, 4) is 89.0 Å². The van der Waals surface area contributed by atoms with Gasteiger partial charge in [-0.05, 0) is 169 Å². The van der Waals surface area contributed by atoms with Crippen molar-refractivity contribution in [1.29, 1.82) is 0 Å². The highest BCUT2D eigenvalue weighted by Gasteiger charge is 2.54. The van der Waals surface area contributed by atoms with E-state index in [1.807, 2.05) is 0 Å². The summed E-state index contributed by atoms with van der Waals surface area (Å²) in [7, 11) is 0. The number of rotatable bonds is 11. The average Bonchev–Trinajstić information content (AvgIpc) is 1.38. The molecule has 0 amide bonds. The van der Waals surface area contributed by atoms with Crippen LogP contribution in [0.1, 0.15) is 25.7 Å². The molecule has 0 radical (unpaired) electrons. The molecule has 2 saturated heterocycles. The number of fused-ring (bicyclic) bond motifs is 4. The summed E-state index contributed by atoms with van der Waals surface area (Å²) in [6.07, 6.45) is 5.09. The molecule has 0 N–H and O–H groups in total. The zero-order valence-electron chi connectivity index (χ0n) is 50.1. The van der Waals surface area contributed by atoms with Gasteiger partial charge >= 0.3 is 0 Å². The predicted octanol–water partition coefficient (Wildman–Crippen LogP) is 20.5. The molecule has 90 heavy (non-hydrogen) atoms. The SMILES string of the molecule is c1ccc(-c2cc(-c3ccccc3)c(N3c4cc(-c5ccccc5)ccc4B4c5ccc(-c6ccccc6)cc5N(c5c(-c6ccccc6)cc(-c6ccccc6)cc5-c5ccccc5)c5cc(N6C7CC8CC(C7)C6C8)cc3c54)c(-c3ccccc3)c2)cc1. The highest BCUT2D eigenvalue weighted by atomic mass is 15.3. The van der Waals surface area contributed by atoms with Crippen molar-refractivity contribution in [1.82, 2.24) is 0 Å². The first-order chi connectivity index (χ1) is 44.6. The third-order valence-corrected chi connectivity index (χ3v) is 20.5. The summed E-state index contributed by atoms with van der Waals surface area (Å²) in [4.78, 5) is 8.44. The van der Waals surface area contributed by atoms with Crippen LogP contribution in [0.5, 0.6) is 0 Å². The second-order valence-corrected chi connectivity index (χ2v) is 25.5. The lowest BCUT2D eigenvalue weighted by atomic mass is 9.33. The summed E-state index contributed by atoms with van der Waals surface area (Å²) in [6.45, 7) is -0.144. The van der Waals surface area contributed by atoms with Gasteiger partial charge in [0.05, 0.1) is 11.4 Å². The molecular weight excluding hydrogens is 1090 g/mol. The van der Waals surface area contributed by atoms with Gasteiger partial charge in [-0.3, -0.25) is 0 Å². The van der Waals surface area contributed by atoms with Gasteiger partial charge in [0.15, 0.2) is 0 Å². The molecule has 13 aromatic rings. The van der Waals surface area contributed by atoms with Crippen LogP contribution in [-0.4, -0.2) is 18.8 Å². The second kappa shape index (κ2) is 21.6. The Bertz CT molecular complexity index is 4440. The Morgan fingerprint density at radius 1 is 0.267 bits per heavy atom. The van der Waals surface area contributed by atoms with E-state index in [1.165, 1.54) is 171 Å². The number of anilines is 7. The zero-order valence-corrected chi connectivity index (χ0v) is 50.1. The van der Waals surface area contributed by atoms with Crippen LogP contribution in [-0.2, 0) is 0 Å². The number of hydrogen-bond donors (Lipinski definition) is 0. The first-order valence-electron chi connectivity index (χ1n) is 32.3. The fourth-order valence-electron chi connectivity index (χ4n) is 16.7. The van der Waals surface area contributed by atoms with E-state index in [1.54, 1.807) is 0 Å². The minimum Gasteiger partial charge on any atom is -0.365 e. The van der Waals surface area contributed by atoms with Crippen LogP contribution >= 0.6 is 0 Å². The van der Waals surface area contributed by atoms with Crippen molar-refractivity contribution < 1.29 is 0 Å². The predicted molar refractivity (Wildman–Crippen MR) is 379 cm³/mol. The maximum Gasteiger partial charge on any atom is 0.252 e. The molecule has 0 aromatic heterocycles. The van der Waals surface area contributed by atoms with E-state index >= 15 is 0 Å². The van der Waals surface area contributed by atoms with Crippen LogP contribution in [0.15, 0.2) is 315 Å². The minimum atomic E-state index is -0.144. The monoisotopic (exact) mass is 1150 g/mol. The van der Waals surface area contributed by atoms with Crippen LogP contribution in [0.25, 0.3) is 89.0 Å². The maximum atomic E-state index is 2.94. The van der Waals surface area contributed by atoms with Crippen molar-refractivity contribution in [2.45, 2.75) is 37.8 Å². The lowest BCUT2D eigenvalue weighted by Crippen LogP contribution is -2.61. The molecule has 2 aliphatic carbocycles. The van der Waals surface area contributed by atoms with Gasteiger partial charge in [-0.2, -0.15) is 0 Å². The molecule has 13 aromatic carbocycles. The van der Waals surface area contributed by atoms with Gasteiger partial charge in [0.2, 0.25) is 0 Å². The zero-order chi connectivity index (χ0) is 59.2. The van der Waals surface area contributed by atoms with E-state index in [-0.39, 0.29) is 6.71 Å². The van der Waals surface area contributed by atoms with Crippen LogP contribution < -0.4 is 31.1 Å². The topological polar surface area (TPSA) is 9.72 Å². The normalized spacial score (nSPS) is 17.3. The van der Waals surface area contributed by atoms with Crippen LogP contribution in [0, 0.1) is 11.8 Å². The Kier molecular flexibility index (Phi) is 12.6. The molecule has 3 nitrogen and oxygen atoms in total. The molecule has 4 atom stereocenters. The first-order valence-corrected chi connectivity index (χ1v) is 32.3.